The first-order valence-corrected chi connectivity index (χ1v) is 7.41. The Morgan fingerprint density at radius 2 is 1.71 bits per heavy atom. The summed E-state index contributed by atoms with van der Waals surface area (Å²) in [4.78, 5) is 20.1. The lowest BCUT2D eigenvalue weighted by molar-refractivity contribution is -0.119. The zero-order chi connectivity index (χ0) is 16.8. The molecule has 6 nitrogen and oxygen atoms in total. The molecule has 24 heavy (non-hydrogen) atoms. The van der Waals surface area contributed by atoms with E-state index in [-0.39, 0.29) is 24.9 Å². The highest BCUT2D eigenvalue weighted by Gasteiger charge is 2.05. The van der Waals surface area contributed by atoms with Crippen LogP contribution in [0.25, 0.3) is 0 Å². The Bertz CT molecular complexity index is 717. The number of anilines is 2. The number of hydrogen-bond acceptors (Lipinski definition) is 5. The second kappa shape index (κ2) is 8.88. The van der Waals surface area contributed by atoms with Crippen LogP contribution >= 0.6 is 12.4 Å². The largest absolute Gasteiger partial charge is 0.398 e. The Morgan fingerprint density at radius 1 is 1.08 bits per heavy atom. The average Bonchev–Trinajstić information content (AvgIpc) is 2.52. The van der Waals surface area contributed by atoms with E-state index in [2.05, 4.69) is 15.3 Å². The number of benzene rings is 1. The van der Waals surface area contributed by atoms with Crippen molar-refractivity contribution in [2.75, 3.05) is 24.6 Å². The summed E-state index contributed by atoms with van der Waals surface area (Å²) in [5.41, 5.74) is 16.1. The standard InChI is InChI=1S/C17H21N5O.ClH/c1-3-20-17(23)10-21-12-4-6-13(7-5-12)22-16-8-11(2)14(18)9-15(16)19;/h4-9H,3,10,18-19H2,1-2H3,(H,20,23);1H. The molecule has 1 aromatic carbocycles. The predicted molar refractivity (Wildman–Crippen MR) is 104 cm³/mol. The van der Waals surface area contributed by atoms with Gasteiger partial charge in [-0.05, 0) is 55.8 Å². The fraction of sp³-hybridized carbons (Fsp3) is 0.235. The first-order chi connectivity index (χ1) is 11.0. The highest BCUT2D eigenvalue weighted by atomic mass is 35.5. The van der Waals surface area contributed by atoms with Gasteiger partial charge in [0.1, 0.15) is 6.54 Å². The monoisotopic (exact) mass is 347 g/mol. The van der Waals surface area contributed by atoms with Gasteiger partial charge in [0.2, 0.25) is 5.91 Å². The lowest BCUT2D eigenvalue weighted by Crippen LogP contribution is -2.25. The highest BCUT2D eigenvalue weighted by Crippen LogP contribution is 2.28. The molecule has 1 aromatic rings. The molecule has 0 heterocycles. The highest BCUT2D eigenvalue weighted by molar-refractivity contribution is 6.19. The summed E-state index contributed by atoms with van der Waals surface area (Å²) in [5.74, 6) is -0.0913. The van der Waals surface area contributed by atoms with Crippen LogP contribution in [0.4, 0.5) is 17.1 Å². The third kappa shape index (κ3) is 5.24. The fourth-order valence-corrected chi connectivity index (χ4v) is 2.01. The summed E-state index contributed by atoms with van der Waals surface area (Å²) < 4.78 is 0. The van der Waals surface area contributed by atoms with E-state index in [1.807, 2.05) is 44.2 Å². The smallest absolute Gasteiger partial charge is 0.241 e. The molecule has 0 atom stereocenters. The summed E-state index contributed by atoms with van der Waals surface area (Å²) in [5, 5.41) is 2.70. The number of amides is 1. The van der Waals surface area contributed by atoms with Crippen molar-refractivity contribution < 1.29 is 4.79 Å². The van der Waals surface area contributed by atoms with Gasteiger partial charge in [0.05, 0.1) is 22.8 Å². The molecular formula is C17H22ClN5O. The number of likely N-dealkylation sites (N-methyl/N-ethyl adjacent to an activating group) is 1. The fourth-order valence-electron chi connectivity index (χ4n) is 2.01. The van der Waals surface area contributed by atoms with Crippen molar-refractivity contribution in [2.45, 2.75) is 13.8 Å². The van der Waals surface area contributed by atoms with Crippen LogP contribution in [0.1, 0.15) is 12.5 Å². The maximum Gasteiger partial charge on any atom is 0.241 e. The minimum absolute atomic E-state index is 0. The number of nitrogens with zero attached hydrogens (tertiary/aromatic N) is 2. The van der Waals surface area contributed by atoms with E-state index in [4.69, 9.17) is 11.5 Å². The third-order valence-corrected chi connectivity index (χ3v) is 3.29. The molecule has 1 amide bonds. The van der Waals surface area contributed by atoms with Crippen LogP contribution in [-0.2, 0) is 4.79 Å². The van der Waals surface area contributed by atoms with Crippen LogP contribution in [0, 0.1) is 6.92 Å². The summed E-state index contributed by atoms with van der Waals surface area (Å²) in [6.45, 7) is 4.51. The van der Waals surface area contributed by atoms with Crippen molar-refractivity contribution in [2.24, 2.45) is 9.98 Å². The van der Waals surface area contributed by atoms with Crippen molar-refractivity contribution in [3.8, 4) is 0 Å². The van der Waals surface area contributed by atoms with Crippen molar-refractivity contribution in [3.63, 3.8) is 0 Å². The van der Waals surface area contributed by atoms with Crippen molar-refractivity contribution >= 4 is 46.8 Å². The first-order valence-electron chi connectivity index (χ1n) is 7.41. The molecule has 7 heteroatoms. The molecule has 1 aliphatic carbocycles. The summed E-state index contributed by atoms with van der Waals surface area (Å²) in [6.07, 6.45) is 7.31. The van der Waals surface area contributed by atoms with E-state index >= 15 is 0 Å². The second-order valence-corrected chi connectivity index (χ2v) is 5.17. The van der Waals surface area contributed by atoms with Crippen LogP contribution in [0.5, 0.6) is 0 Å². The van der Waals surface area contributed by atoms with Crippen LogP contribution in [-0.4, -0.2) is 30.4 Å². The normalized spacial score (nSPS) is 12.6. The first kappa shape index (κ1) is 19.4. The maximum absolute atomic E-state index is 11.4. The van der Waals surface area contributed by atoms with Crippen molar-refractivity contribution in [3.05, 3.63) is 42.0 Å². The van der Waals surface area contributed by atoms with Gasteiger partial charge in [-0.1, -0.05) is 0 Å². The Labute approximate surface area is 147 Å². The average molecular weight is 348 g/mol. The van der Waals surface area contributed by atoms with Crippen LogP contribution in [0.3, 0.4) is 0 Å². The Hall–Kier alpha value is -2.60. The maximum atomic E-state index is 11.4. The van der Waals surface area contributed by atoms with E-state index in [0.29, 0.717) is 23.6 Å². The number of nitrogens with two attached hydrogens (primary N) is 2. The number of nitrogen functional groups attached to an aromatic ring is 2. The number of hydrogen-bond donors (Lipinski definition) is 3. The number of allylic oxidation sites excluding steroid dienone is 4. The van der Waals surface area contributed by atoms with Gasteiger partial charge < -0.3 is 16.8 Å². The zero-order valence-electron chi connectivity index (χ0n) is 13.7. The minimum Gasteiger partial charge on any atom is -0.398 e. The molecule has 0 unspecified atom stereocenters. The number of carbonyl (C=O) groups excluding carboxylic acids is 1. The van der Waals surface area contributed by atoms with Gasteiger partial charge in [0, 0.05) is 12.2 Å². The molecule has 1 aliphatic rings. The molecule has 0 saturated heterocycles. The molecule has 0 bridgehead atoms. The Kier molecular flexibility index (Phi) is 7.20. The zero-order valence-corrected chi connectivity index (χ0v) is 14.6. The van der Waals surface area contributed by atoms with Gasteiger partial charge in [-0.3, -0.25) is 9.79 Å². The molecule has 128 valence electrons. The number of rotatable bonds is 4. The quantitative estimate of drug-likeness (QED) is 0.575. The number of carbonyl (C=O) groups is 1. The van der Waals surface area contributed by atoms with E-state index in [9.17, 15) is 4.79 Å². The molecule has 5 N–H and O–H groups in total. The molecule has 0 saturated carbocycles. The molecular weight excluding hydrogens is 326 g/mol. The Balaban J connectivity index is 0.00000288. The van der Waals surface area contributed by atoms with Gasteiger partial charge in [-0.15, -0.1) is 12.4 Å². The van der Waals surface area contributed by atoms with Gasteiger partial charge >= 0.3 is 0 Å². The topological polar surface area (TPSA) is 106 Å². The van der Waals surface area contributed by atoms with Gasteiger partial charge in [0.15, 0.2) is 0 Å². The van der Waals surface area contributed by atoms with E-state index in [1.165, 1.54) is 0 Å². The number of aliphatic imine (C=N–C) groups is 2. The lowest BCUT2D eigenvalue weighted by atomic mass is 10.1. The van der Waals surface area contributed by atoms with Crippen molar-refractivity contribution in [1.82, 2.24) is 5.32 Å². The molecule has 0 spiro atoms. The summed E-state index contributed by atoms with van der Waals surface area (Å²) in [6, 6.07) is 3.57. The van der Waals surface area contributed by atoms with Crippen LogP contribution in [0.15, 0.2) is 46.4 Å². The summed E-state index contributed by atoms with van der Waals surface area (Å²) >= 11 is 0. The minimum atomic E-state index is -0.0913. The van der Waals surface area contributed by atoms with E-state index in [0.717, 1.165) is 17.0 Å². The third-order valence-electron chi connectivity index (χ3n) is 3.29. The van der Waals surface area contributed by atoms with Gasteiger partial charge in [-0.25, -0.2) is 4.99 Å². The summed E-state index contributed by atoms with van der Waals surface area (Å²) in [7, 11) is 0. The lowest BCUT2D eigenvalue weighted by Gasteiger charge is -2.07. The molecule has 0 radical (unpaired) electrons. The van der Waals surface area contributed by atoms with Crippen LogP contribution < -0.4 is 16.8 Å². The molecule has 2 rings (SSSR count). The molecule has 0 fully saturated rings. The number of aryl methyl sites for hydroxylation is 1. The van der Waals surface area contributed by atoms with Crippen LogP contribution in [0.2, 0.25) is 0 Å². The van der Waals surface area contributed by atoms with Gasteiger partial charge in [0.25, 0.3) is 0 Å². The Morgan fingerprint density at radius 3 is 2.33 bits per heavy atom. The molecule has 0 aromatic heterocycles. The predicted octanol–water partition coefficient (Wildman–Crippen LogP) is 2.36. The molecule has 0 aliphatic heterocycles. The SMILES string of the molecule is CCNC(=O)CN=C1C=CC(=Nc2cc(C)c(N)cc2N)C=C1.Cl. The number of nitrogens with one attached hydrogen (secondary N) is 1. The van der Waals surface area contributed by atoms with Gasteiger partial charge in [-0.2, -0.15) is 0 Å². The second-order valence-electron chi connectivity index (χ2n) is 5.17. The number of halogens is 1. The van der Waals surface area contributed by atoms with Crippen molar-refractivity contribution in [1.29, 1.82) is 0 Å². The van der Waals surface area contributed by atoms with E-state index < -0.39 is 0 Å². The van der Waals surface area contributed by atoms with E-state index in [1.54, 1.807) is 6.07 Å².